The van der Waals surface area contributed by atoms with Crippen LogP contribution >= 0.6 is 23.1 Å². The number of hydrogen-bond donors (Lipinski definition) is 3. The molecule has 1 atom stereocenters. The Morgan fingerprint density at radius 2 is 1.60 bits per heavy atom. The summed E-state index contributed by atoms with van der Waals surface area (Å²) in [6, 6.07) is 33.0. The summed E-state index contributed by atoms with van der Waals surface area (Å²) in [6.45, 7) is 3.95. The van der Waals surface area contributed by atoms with Crippen molar-refractivity contribution in [1.29, 1.82) is 0 Å². The molecule has 238 valence electrons. The summed E-state index contributed by atoms with van der Waals surface area (Å²) < 4.78 is 5.45. The number of carbonyl (C=O) groups excluding carboxylic acids is 3. The average Bonchev–Trinajstić information content (AvgIpc) is 3.47. The second kappa shape index (κ2) is 15.9. The number of nitrogens with one attached hydrogen (secondary N) is 3. The molecule has 5 aromatic rings. The molecule has 0 fully saturated rings. The molecule has 0 radical (unpaired) electrons. The van der Waals surface area contributed by atoms with Gasteiger partial charge in [-0.15, -0.1) is 23.1 Å². The van der Waals surface area contributed by atoms with Gasteiger partial charge in [-0.1, -0.05) is 79.7 Å². The van der Waals surface area contributed by atoms with Crippen LogP contribution in [0.2, 0.25) is 0 Å². The first-order chi connectivity index (χ1) is 22.8. The highest BCUT2D eigenvalue weighted by Gasteiger charge is 2.21. The van der Waals surface area contributed by atoms with Gasteiger partial charge in [-0.2, -0.15) is 0 Å². The molecular weight excluding hydrogens is 629 g/mol. The van der Waals surface area contributed by atoms with Gasteiger partial charge in [0.2, 0.25) is 5.91 Å². The van der Waals surface area contributed by atoms with Crippen LogP contribution in [0, 0.1) is 6.92 Å². The molecule has 0 saturated carbocycles. The summed E-state index contributed by atoms with van der Waals surface area (Å²) in [5, 5.41) is 8.80. The lowest BCUT2D eigenvalue weighted by Crippen LogP contribution is -2.30. The number of aromatic nitrogens is 1. The normalized spacial score (nSPS) is 11.8. The minimum absolute atomic E-state index is 0.0424. The maximum absolute atomic E-state index is 13.6. The smallest absolute Gasteiger partial charge is 0.272 e. The number of amides is 3. The van der Waals surface area contributed by atoms with Gasteiger partial charge in [0.05, 0.1) is 18.1 Å². The van der Waals surface area contributed by atoms with E-state index in [-0.39, 0.29) is 11.6 Å². The highest BCUT2D eigenvalue weighted by Crippen LogP contribution is 2.32. The summed E-state index contributed by atoms with van der Waals surface area (Å²) in [7, 11) is 1.54. The van der Waals surface area contributed by atoms with Crippen LogP contribution in [0.4, 0.5) is 10.8 Å². The topological polar surface area (TPSA) is 109 Å². The fraction of sp³-hybridized carbons (Fsp3) is 0.135. The van der Waals surface area contributed by atoms with E-state index >= 15 is 0 Å². The van der Waals surface area contributed by atoms with Gasteiger partial charge < -0.3 is 20.7 Å². The number of thioether (sulfide) groups is 1. The Bertz CT molecular complexity index is 1890. The van der Waals surface area contributed by atoms with Crippen molar-refractivity contribution < 1.29 is 19.1 Å². The number of hydrogen-bond acceptors (Lipinski definition) is 7. The first-order valence-electron chi connectivity index (χ1n) is 15.0. The van der Waals surface area contributed by atoms with Crippen molar-refractivity contribution in [1.82, 2.24) is 10.3 Å². The molecule has 4 aromatic carbocycles. The minimum Gasteiger partial charge on any atom is -0.496 e. The van der Waals surface area contributed by atoms with Crippen LogP contribution in [0.25, 0.3) is 17.3 Å². The zero-order valence-electron chi connectivity index (χ0n) is 26.2. The summed E-state index contributed by atoms with van der Waals surface area (Å²) in [5.74, 6) is -0.529. The van der Waals surface area contributed by atoms with Crippen LogP contribution < -0.4 is 20.7 Å². The molecule has 0 saturated heterocycles. The van der Waals surface area contributed by atoms with E-state index in [2.05, 4.69) is 20.9 Å². The molecule has 1 heterocycles. The number of anilines is 2. The number of thiazole rings is 1. The standard InChI is InChI=1S/C37H34N4O4S2/c1-4-32(36(44)41-37-40-33(24(2)46-37)25-14-7-5-8-15-25)47-29-20-13-19-28(23-29)38-35(43)30(22-27-18-11-12-21-31(27)45-3)39-34(42)26-16-9-6-10-17-26/h5-23,32H,4H2,1-3H3,(H,38,43)(H,39,42)(H,40,41,44)/b30-22+. The molecule has 5 rings (SSSR count). The van der Waals surface area contributed by atoms with Crippen molar-refractivity contribution >= 4 is 57.7 Å². The van der Waals surface area contributed by atoms with Crippen molar-refractivity contribution in [2.75, 3.05) is 17.7 Å². The Balaban J connectivity index is 1.30. The summed E-state index contributed by atoms with van der Waals surface area (Å²) in [5.41, 5.74) is 3.45. The van der Waals surface area contributed by atoms with E-state index in [0.29, 0.717) is 34.1 Å². The van der Waals surface area contributed by atoms with E-state index in [1.165, 1.54) is 23.1 Å². The molecule has 0 aliphatic rings. The molecule has 10 heteroatoms. The lowest BCUT2D eigenvalue weighted by molar-refractivity contribution is -0.116. The van der Waals surface area contributed by atoms with E-state index < -0.39 is 17.1 Å². The van der Waals surface area contributed by atoms with E-state index in [0.717, 1.165) is 21.0 Å². The zero-order chi connectivity index (χ0) is 33.2. The third-order valence-electron chi connectivity index (χ3n) is 7.07. The first kappa shape index (κ1) is 33.2. The van der Waals surface area contributed by atoms with Crippen LogP contribution in [0.5, 0.6) is 5.75 Å². The highest BCUT2D eigenvalue weighted by atomic mass is 32.2. The van der Waals surface area contributed by atoms with Crippen molar-refractivity contribution in [2.24, 2.45) is 0 Å². The number of benzene rings is 4. The van der Waals surface area contributed by atoms with Crippen LogP contribution in [0.15, 0.2) is 120 Å². The maximum atomic E-state index is 13.6. The van der Waals surface area contributed by atoms with E-state index in [1.807, 2.05) is 74.5 Å². The Hall–Kier alpha value is -5.19. The second-order valence-corrected chi connectivity index (χ2v) is 12.9. The monoisotopic (exact) mass is 662 g/mol. The predicted octanol–water partition coefficient (Wildman–Crippen LogP) is 8.05. The van der Waals surface area contributed by atoms with Crippen molar-refractivity contribution in [3.05, 3.63) is 131 Å². The van der Waals surface area contributed by atoms with Gasteiger partial charge in [-0.3, -0.25) is 14.4 Å². The third-order valence-corrected chi connectivity index (χ3v) is 9.32. The van der Waals surface area contributed by atoms with E-state index in [9.17, 15) is 14.4 Å². The first-order valence-corrected chi connectivity index (χ1v) is 16.7. The van der Waals surface area contributed by atoms with E-state index in [4.69, 9.17) is 4.74 Å². The number of rotatable bonds is 12. The van der Waals surface area contributed by atoms with Gasteiger partial charge in [0.1, 0.15) is 11.4 Å². The van der Waals surface area contributed by atoms with Gasteiger partial charge in [-0.25, -0.2) is 4.98 Å². The number of ether oxygens (including phenoxy) is 1. The van der Waals surface area contributed by atoms with Crippen LogP contribution in [-0.2, 0) is 9.59 Å². The van der Waals surface area contributed by atoms with Gasteiger partial charge in [0.15, 0.2) is 5.13 Å². The third kappa shape index (κ3) is 8.75. The fourth-order valence-corrected chi connectivity index (χ4v) is 6.57. The molecule has 0 aliphatic carbocycles. The quantitative estimate of drug-likeness (QED) is 0.0922. The Kier molecular flexibility index (Phi) is 11.2. The summed E-state index contributed by atoms with van der Waals surface area (Å²) in [6.07, 6.45) is 2.16. The second-order valence-electron chi connectivity index (χ2n) is 10.4. The van der Waals surface area contributed by atoms with Crippen molar-refractivity contribution in [3.63, 3.8) is 0 Å². The molecule has 0 bridgehead atoms. The molecular formula is C37H34N4O4S2. The van der Waals surface area contributed by atoms with Crippen molar-refractivity contribution in [2.45, 2.75) is 30.4 Å². The minimum atomic E-state index is -0.513. The zero-order valence-corrected chi connectivity index (χ0v) is 27.8. The van der Waals surface area contributed by atoms with Crippen LogP contribution in [0.1, 0.15) is 34.1 Å². The predicted molar refractivity (Wildman–Crippen MR) is 191 cm³/mol. The lowest BCUT2D eigenvalue weighted by Gasteiger charge is -2.15. The molecule has 8 nitrogen and oxygen atoms in total. The van der Waals surface area contributed by atoms with Crippen LogP contribution in [-0.4, -0.2) is 35.1 Å². The summed E-state index contributed by atoms with van der Waals surface area (Å²) in [4.78, 5) is 46.5. The van der Waals surface area contributed by atoms with Gasteiger partial charge in [0.25, 0.3) is 11.8 Å². The van der Waals surface area contributed by atoms with Crippen LogP contribution in [0.3, 0.4) is 0 Å². The molecule has 1 aromatic heterocycles. The molecule has 47 heavy (non-hydrogen) atoms. The van der Waals surface area contributed by atoms with Crippen molar-refractivity contribution in [3.8, 4) is 17.0 Å². The Morgan fingerprint density at radius 3 is 2.32 bits per heavy atom. The molecule has 3 N–H and O–H groups in total. The number of carbonyl (C=O) groups is 3. The maximum Gasteiger partial charge on any atom is 0.272 e. The number of nitrogens with zero attached hydrogens (tertiary/aromatic N) is 1. The lowest BCUT2D eigenvalue weighted by atomic mass is 10.1. The molecule has 3 amide bonds. The Morgan fingerprint density at radius 1 is 0.894 bits per heavy atom. The fourth-order valence-electron chi connectivity index (χ4n) is 4.72. The van der Waals surface area contributed by atoms with Gasteiger partial charge in [-0.05, 0) is 55.8 Å². The van der Waals surface area contributed by atoms with E-state index in [1.54, 1.807) is 61.7 Å². The van der Waals surface area contributed by atoms with Gasteiger partial charge >= 0.3 is 0 Å². The number of aryl methyl sites for hydroxylation is 1. The average molecular weight is 663 g/mol. The SMILES string of the molecule is CCC(Sc1cccc(NC(=O)/C(=C\c2ccccc2OC)NC(=O)c2ccccc2)c1)C(=O)Nc1nc(-c2ccccc2)c(C)s1. The Labute approximate surface area is 282 Å². The number of methoxy groups -OCH3 is 1. The molecule has 1 unspecified atom stereocenters. The summed E-state index contributed by atoms with van der Waals surface area (Å²) >= 11 is 2.85. The highest BCUT2D eigenvalue weighted by molar-refractivity contribution is 8.00. The largest absolute Gasteiger partial charge is 0.496 e. The molecule has 0 spiro atoms. The van der Waals surface area contributed by atoms with Gasteiger partial charge in [0, 0.05) is 32.2 Å². The molecule has 0 aliphatic heterocycles. The number of para-hydroxylation sites is 1.